The zero-order valence-corrected chi connectivity index (χ0v) is 16.9. The van der Waals surface area contributed by atoms with Gasteiger partial charge < -0.3 is 19.9 Å². The number of hydrogen-bond acceptors (Lipinski definition) is 4. The highest BCUT2D eigenvalue weighted by Crippen LogP contribution is 2.35. The summed E-state index contributed by atoms with van der Waals surface area (Å²) in [6.45, 7) is 3.23. The van der Waals surface area contributed by atoms with Gasteiger partial charge >= 0.3 is 0 Å². The van der Waals surface area contributed by atoms with Crippen LogP contribution in [0.3, 0.4) is 0 Å². The molecule has 2 aromatic rings. The molecule has 0 aliphatic heterocycles. The van der Waals surface area contributed by atoms with E-state index in [-0.39, 0.29) is 25.1 Å². The van der Waals surface area contributed by atoms with Crippen molar-refractivity contribution >= 4 is 28.3 Å². The maximum Gasteiger partial charge on any atom is 0.166 e. The largest absolute Gasteiger partial charge is 0.493 e. The lowest BCUT2D eigenvalue weighted by Gasteiger charge is -2.19. The summed E-state index contributed by atoms with van der Waals surface area (Å²) >= 11 is 3.51. The third-order valence-electron chi connectivity index (χ3n) is 3.84. The fraction of sp³-hybridized carbons (Fsp3) is 0.368. The minimum Gasteiger partial charge on any atom is -0.493 e. The molecule has 2 aromatic carbocycles. The van der Waals surface area contributed by atoms with Gasteiger partial charge in [-0.3, -0.25) is 0 Å². The minimum atomic E-state index is 0. The molecule has 1 atom stereocenters. The van der Waals surface area contributed by atoms with Gasteiger partial charge in [-0.05, 0) is 24.1 Å². The topological polar surface area (TPSA) is 50.7 Å². The Morgan fingerprint density at radius 2 is 1.92 bits per heavy atom. The molecule has 0 radical (unpaired) electrons. The summed E-state index contributed by atoms with van der Waals surface area (Å²) in [7, 11) is 1.64. The molecule has 138 valence electrons. The highest BCUT2D eigenvalue weighted by atomic mass is 79.9. The van der Waals surface area contributed by atoms with Gasteiger partial charge in [0.15, 0.2) is 11.5 Å². The van der Waals surface area contributed by atoms with Gasteiger partial charge in [-0.1, -0.05) is 53.2 Å². The number of rotatable bonds is 9. The molecule has 0 spiro atoms. The van der Waals surface area contributed by atoms with Crippen molar-refractivity contribution in [2.75, 3.05) is 13.7 Å². The molecule has 25 heavy (non-hydrogen) atoms. The van der Waals surface area contributed by atoms with Gasteiger partial charge in [0.2, 0.25) is 0 Å². The van der Waals surface area contributed by atoms with Crippen LogP contribution in [0.1, 0.15) is 24.5 Å². The SMILES string of the molecule is CCC(CO)NCc1cc(Br)cc(OC)c1OCc1ccccc1.Cl. The van der Waals surface area contributed by atoms with Gasteiger partial charge in [-0.25, -0.2) is 0 Å². The van der Waals surface area contributed by atoms with Crippen LogP contribution < -0.4 is 14.8 Å². The second kappa shape index (κ2) is 11.4. The highest BCUT2D eigenvalue weighted by molar-refractivity contribution is 9.10. The van der Waals surface area contributed by atoms with Gasteiger partial charge in [0, 0.05) is 22.6 Å². The summed E-state index contributed by atoms with van der Waals surface area (Å²) < 4.78 is 12.5. The molecular formula is C19H25BrClNO3. The van der Waals surface area contributed by atoms with Crippen LogP contribution in [-0.4, -0.2) is 24.9 Å². The fourth-order valence-corrected chi connectivity index (χ4v) is 2.88. The van der Waals surface area contributed by atoms with Gasteiger partial charge in [0.25, 0.3) is 0 Å². The molecule has 0 aromatic heterocycles. The van der Waals surface area contributed by atoms with E-state index in [0.29, 0.717) is 18.9 Å². The van der Waals surface area contributed by atoms with Crippen molar-refractivity contribution in [1.29, 1.82) is 0 Å². The second-order valence-corrected chi connectivity index (χ2v) is 6.45. The molecule has 2 rings (SSSR count). The van der Waals surface area contributed by atoms with Crippen molar-refractivity contribution in [3.05, 3.63) is 58.1 Å². The van der Waals surface area contributed by atoms with Crippen molar-refractivity contribution in [3.8, 4) is 11.5 Å². The Bertz CT molecular complexity index is 636. The molecule has 0 fully saturated rings. The monoisotopic (exact) mass is 429 g/mol. The van der Waals surface area contributed by atoms with Crippen molar-refractivity contribution in [1.82, 2.24) is 5.32 Å². The number of nitrogens with one attached hydrogen (secondary N) is 1. The van der Waals surface area contributed by atoms with Crippen LogP contribution in [0.25, 0.3) is 0 Å². The molecular weight excluding hydrogens is 406 g/mol. The molecule has 4 nitrogen and oxygen atoms in total. The lowest BCUT2D eigenvalue weighted by molar-refractivity contribution is 0.236. The Balaban J connectivity index is 0.00000312. The van der Waals surface area contributed by atoms with Crippen molar-refractivity contribution in [2.45, 2.75) is 32.5 Å². The first-order chi connectivity index (χ1) is 11.7. The van der Waals surface area contributed by atoms with Crippen LogP contribution in [0.4, 0.5) is 0 Å². The van der Waals surface area contributed by atoms with E-state index in [9.17, 15) is 5.11 Å². The summed E-state index contributed by atoms with van der Waals surface area (Å²) in [6, 6.07) is 14.0. The predicted octanol–water partition coefficient (Wildman–Crippen LogP) is 4.32. The van der Waals surface area contributed by atoms with Crippen LogP contribution in [0, 0.1) is 0 Å². The summed E-state index contributed by atoms with van der Waals surface area (Å²) in [5, 5.41) is 12.7. The van der Waals surface area contributed by atoms with E-state index in [1.807, 2.05) is 49.4 Å². The molecule has 2 N–H and O–H groups in total. The van der Waals surface area contributed by atoms with E-state index in [2.05, 4.69) is 21.2 Å². The fourth-order valence-electron chi connectivity index (χ4n) is 2.39. The molecule has 0 aliphatic carbocycles. The van der Waals surface area contributed by atoms with Crippen molar-refractivity contribution < 1.29 is 14.6 Å². The Hall–Kier alpha value is -1.27. The standard InChI is InChI=1S/C19H24BrNO3.ClH/c1-3-17(12-22)21-11-15-9-16(20)10-18(23-2)19(15)24-13-14-7-5-4-6-8-14;/h4-10,17,21-22H,3,11-13H2,1-2H3;1H. The lowest BCUT2D eigenvalue weighted by Crippen LogP contribution is -2.31. The Morgan fingerprint density at radius 1 is 1.20 bits per heavy atom. The summed E-state index contributed by atoms with van der Waals surface area (Å²) in [5.74, 6) is 1.42. The van der Waals surface area contributed by atoms with Crippen LogP contribution >= 0.6 is 28.3 Å². The number of aliphatic hydroxyl groups is 1. The van der Waals surface area contributed by atoms with Crippen molar-refractivity contribution in [2.24, 2.45) is 0 Å². The van der Waals surface area contributed by atoms with Crippen LogP contribution in [-0.2, 0) is 13.2 Å². The number of methoxy groups -OCH3 is 1. The van der Waals surface area contributed by atoms with Crippen molar-refractivity contribution in [3.63, 3.8) is 0 Å². The predicted molar refractivity (Wildman–Crippen MR) is 107 cm³/mol. The number of ether oxygens (including phenoxy) is 2. The zero-order valence-electron chi connectivity index (χ0n) is 14.5. The summed E-state index contributed by atoms with van der Waals surface area (Å²) in [5.41, 5.74) is 2.09. The molecule has 0 aliphatic rings. The van der Waals surface area contributed by atoms with E-state index in [4.69, 9.17) is 9.47 Å². The number of hydrogen-bond donors (Lipinski definition) is 2. The molecule has 0 amide bonds. The summed E-state index contributed by atoms with van der Waals surface area (Å²) in [6.07, 6.45) is 0.863. The second-order valence-electron chi connectivity index (χ2n) is 5.54. The normalized spacial score (nSPS) is 11.5. The van der Waals surface area contributed by atoms with E-state index in [0.717, 1.165) is 27.8 Å². The molecule has 0 heterocycles. The number of halogens is 2. The van der Waals surface area contributed by atoms with E-state index < -0.39 is 0 Å². The maximum atomic E-state index is 9.35. The average molecular weight is 431 g/mol. The first-order valence-corrected chi connectivity index (χ1v) is 8.84. The van der Waals surface area contributed by atoms with E-state index in [1.54, 1.807) is 7.11 Å². The van der Waals surface area contributed by atoms with Gasteiger partial charge in [0.1, 0.15) is 6.61 Å². The number of benzene rings is 2. The van der Waals surface area contributed by atoms with Crippen LogP contribution in [0.15, 0.2) is 46.9 Å². The Kier molecular flexibility index (Phi) is 9.90. The average Bonchev–Trinajstić information content (AvgIpc) is 2.62. The first kappa shape index (κ1) is 21.8. The quantitative estimate of drug-likeness (QED) is 0.622. The van der Waals surface area contributed by atoms with E-state index >= 15 is 0 Å². The highest BCUT2D eigenvalue weighted by Gasteiger charge is 2.14. The third-order valence-corrected chi connectivity index (χ3v) is 4.29. The van der Waals surface area contributed by atoms with Gasteiger partial charge in [0.05, 0.1) is 13.7 Å². The third kappa shape index (κ3) is 6.51. The smallest absolute Gasteiger partial charge is 0.166 e. The molecule has 1 unspecified atom stereocenters. The molecule has 0 bridgehead atoms. The zero-order chi connectivity index (χ0) is 17.4. The van der Waals surface area contributed by atoms with E-state index in [1.165, 1.54) is 0 Å². The van der Waals surface area contributed by atoms with Crippen LogP contribution in [0.5, 0.6) is 11.5 Å². The summed E-state index contributed by atoms with van der Waals surface area (Å²) in [4.78, 5) is 0. The maximum absolute atomic E-state index is 9.35. The molecule has 6 heteroatoms. The minimum absolute atomic E-state index is 0. The Morgan fingerprint density at radius 3 is 2.52 bits per heavy atom. The van der Waals surface area contributed by atoms with Crippen LogP contribution in [0.2, 0.25) is 0 Å². The van der Waals surface area contributed by atoms with Gasteiger partial charge in [-0.2, -0.15) is 0 Å². The Labute approximate surface area is 164 Å². The molecule has 0 saturated heterocycles. The van der Waals surface area contributed by atoms with Gasteiger partial charge in [-0.15, -0.1) is 12.4 Å². The first-order valence-electron chi connectivity index (χ1n) is 8.05. The lowest BCUT2D eigenvalue weighted by atomic mass is 10.1. The number of aliphatic hydroxyl groups excluding tert-OH is 1. The molecule has 0 saturated carbocycles.